The van der Waals surface area contributed by atoms with Crippen LogP contribution in [0.1, 0.15) is 21.7 Å². The SMILES string of the molecule is COc1ccc(C2=C(Nc3cnc(C#N)cn3)Cc3c(-c4ccccc4)c(-c4ccccc4)nn3C2=O)cc1. The zero-order valence-corrected chi connectivity index (χ0v) is 21.0. The minimum absolute atomic E-state index is 0.210. The van der Waals surface area contributed by atoms with E-state index in [1.807, 2.05) is 91.0 Å². The summed E-state index contributed by atoms with van der Waals surface area (Å²) >= 11 is 0. The number of methoxy groups -OCH3 is 1. The van der Waals surface area contributed by atoms with Gasteiger partial charge in [0.1, 0.15) is 23.3 Å². The van der Waals surface area contributed by atoms with Crippen molar-refractivity contribution < 1.29 is 9.53 Å². The molecule has 8 nitrogen and oxygen atoms in total. The highest BCUT2D eigenvalue weighted by Crippen LogP contribution is 2.40. The predicted molar refractivity (Wildman–Crippen MR) is 148 cm³/mol. The number of anilines is 1. The summed E-state index contributed by atoms with van der Waals surface area (Å²) in [7, 11) is 1.60. The molecule has 8 heteroatoms. The number of hydrogen-bond acceptors (Lipinski definition) is 7. The molecule has 0 atom stereocenters. The first-order valence-electron chi connectivity index (χ1n) is 12.3. The molecule has 0 unspecified atom stereocenters. The van der Waals surface area contributed by atoms with E-state index in [1.54, 1.807) is 7.11 Å². The third kappa shape index (κ3) is 4.43. The first-order chi connectivity index (χ1) is 19.2. The lowest BCUT2D eigenvalue weighted by Gasteiger charge is -2.23. The molecule has 6 rings (SSSR count). The normalized spacial score (nSPS) is 12.6. The van der Waals surface area contributed by atoms with Gasteiger partial charge in [0, 0.05) is 23.2 Å². The van der Waals surface area contributed by atoms with Crippen molar-refractivity contribution in [3.05, 3.63) is 120 Å². The lowest BCUT2D eigenvalue weighted by atomic mass is 9.92. The summed E-state index contributed by atoms with van der Waals surface area (Å²) in [6.45, 7) is 0. The standard InChI is InChI=1S/C31H22N6O2/c1-39-24-14-12-21(13-15-24)28-25(35-27-19-33-23(17-32)18-34-27)16-26-29(20-8-4-2-5-9-20)30(36-37(26)31(28)38)22-10-6-3-7-11-22/h2-15,18-19H,16H2,1H3,(H,34,35). The maximum atomic E-state index is 14.2. The van der Waals surface area contributed by atoms with E-state index < -0.39 is 0 Å². The second-order valence-electron chi connectivity index (χ2n) is 8.90. The molecule has 188 valence electrons. The first kappa shape index (κ1) is 23.8. The topological polar surface area (TPSA) is 106 Å². The Morgan fingerprint density at radius 2 is 1.56 bits per heavy atom. The molecule has 0 saturated carbocycles. The first-order valence-corrected chi connectivity index (χ1v) is 12.3. The Balaban J connectivity index is 1.54. The second kappa shape index (κ2) is 10.1. The zero-order chi connectivity index (χ0) is 26.8. The zero-order valence-electron chi connectivity index (χ0n) is 21.0. The van der Waals surface area contributed by atoms with Crippen LogP contribution < -0.4 is 10.1 Å². The van der Waals surface area contributed by atoms with Gasteiger partial charge in [-0.05, 0) is 23.3 Å². The maximum absolute atomic E-state index is 14.2. The number of aromatic nitrogens is 4. The van der Waals surface area contributed by atoms with Crippen molar-refractivity contribution in [2.24, 2.45) is 0 Å². The molecule has 3 aromatic carbocycles. The molecule has 0 radical (unpaired) electrons. The summed E-state index contributed by atoms with van der Waals surface area (Å²) in [5.41, 5.74) is 6.35. The molecule has 0 amide bonds. The molecule has 1 N–H and O–H groups in total. The van der Waals surface area contributed by atoms with E-state index in [-0.39, 0.29) is 11.6 Å². The number of ether oxygens (including phenoxy) is 1. The molecule has 0 saturated heterocycles. The fourth-order valence-electron chi connectivity index (χ4n) is 4.75. The molecule has 2 aromatic heterocycles. The summed E-state index contributed by atoms with van der Waals surface area (Å²) in [5, 5.41) is 17.3. The maximum Gasteiger partial charge on any atom is 0.280 e. The van der Waals surface area contributed by atoms with E-state index >= 15 is 0 Å². The van der Waals surface area contributed by atoms with Gasteiger partial charge in [-0.1, -0.05) is 72.8 Å². The fraction of sp³-hybridized carbons (Fsp3) is 0.0645. The molecule has 39 heavy (non-hydrogen) atoms. The van der Waals surface area contributed by atoms with Crippen molar-refractivity contribution in [1.29, 1.82) is 5.26 Å². The highest BCUT2D eigenvalue weighted by atomic mass is 16.5. The third-order valence-electron chi connectivity index (χ3n) is 6.57. The monoisotopic (exact) mass is 510 g/mol. The predicted octanol–water partition coefficient (Wildman–Crippen LogP) is 5.61. The quantitative estimate of drug-likeness (QED) is 0.317. The van der Waals surface area contributed by atoms with Crippen LogP contribution in [-0.4, -0.2) is 32.8 Å². The van der Waals surface area contributed by atoms with Crippen LogP contribution in [0.2, 0.25) is 0 Å². The molecular weight excluding hydrogens is 488 g/mol. The fourth-order valence-corrected chi connectivity index (χ4v) is 4.75. The second-order valence-corrected chi connectivity index (χ2v) is 8.90. The van der Waals surface area contributed by atoms with Gasteiger partial charge in [-0.3, -0.25) is 4.79 Å². The summed E-state index contributed by atoms with van der Waals surface area (Å²) in [6.07, 6.45) is 3.27. The van der Waals surface area contributed by atoms with Crippen LogP contribution in [0.5, 0.6) is 5.75 Å². The highest BCUT2D eigenvalue weighted by Gasteiger charge is 2.33. The van der Waals surface area contributed by atoms with Crippen molar-refractivity contribution >= 4 is 17.3 Å². The largest absolute Gasteiger partial charge is 0.497 e. The summed E-state index contributed by atoms with van der Waals surface area (Å²) in [6, 6.07) is 29.1. The molecular formula is C31H22N6O2. The number of benzene rings is 3. The van der Waals surface area contributed by atoms with Crippen LogP contribution in [0.3, 0.4) is 0 Å². The van der Waals surface area contributed by atoms with E-state index in [4.69, 9.17) is 15.1 Å². The summed E-state index contributed by atoms with van der Waals surface area (Å²) in [5.74, 6) is 0.859. The van der Waals surface area contributed by atoms with Crippen LogP contribution in [0.4, 0.5) is 5.82 Å². The number of hydrogen-bond donors (Lipinski definition) is 1. The molecule has 0 spiro atoms. The smallest absolute Gasteiger partial charge is 0.280 e. The third-order valence-corrected chi connectivity index (χ3v) is 6.57. The van der Waals surface area contributed by atoms with Crippen LogP contribution >= 0.6 is 0 Å². The number of nitrogens with one attached hydrogen (secondary N) is 1. The lowest BCUT2D eigenvalue weighted by molar-refractivity contribution is 0.0958. The Morgan fingerprint density at radius 3 is 2.18 bits per heavy atom. The number of fused-ring (bicyclic) bond motifs is 1. The van der Waals surface area contributed by atoms with Crippen molar-refractivity contribution in [2.45, 2.75) is 6.42 Å². The summed E-state index contributed by atoms with van der Waals surface area (Å²) in [4.78, 5) is 22.7. The van der Waals surface area contributed by atoms with Crippen LogP contribution in [0, 0.1) is 11.3 Å². The molecule has 5 aromatic rings. The van der Waals surface area contributed by atoms with E-state index in [0.29, 0.717) is 34.8 Å². The molecule has 3 heterocycles. The number of nitrogens with zero attached hydrogens (tertiary/aromatic N) is 5. The van der Waals surface area contributed by atoms with Gasteiger partial charge in [0.15, 0.2) is 5.69 Å². The Kier molecular flexibility index (Phi) is 6.15. The Labute approximate surface area is 224 Å². The van der Waals surface area contributed by atoms with Gasteiger partial charge in [0.05, 0.1) is 30.8 Å². The Morgan fingerprint density at radius 1 is 0.872 bits per heavy atom. The van der Waals surface area contributed by atoms with Crippen molar-refractivity contribution in [2.75, 3.05) is 12.4 Å². The number of allylic oxidation sites excluding steroid dienone is 2. The lowest BCUT2D eigenvalue weighted by Crippen LogP contribution is -2.26. The number of carbonyl (C=O) groups is 1. The van der Waals surface area contributed by atoms with Crippen LogP contribution in [0.25, 0.3) is 28.0 Å². The number of carbonyl (C=O) groups excluding carboxylic acids is 1. The number of rotatable bonds is 6. The van der Waals surface area contributed by atoms with E-state index in [9.17, 15) is 4.79 Å². The van der Waals surface area contributed by atoms with E-state index in [1.165, 1.54) is 17.1 Å². The van der Waals surface area contributed by atoms with Gasteiger partial charge in [0.25, 0.3) is 5.91 Å². The molecule has 0 bridgehead atoms. The molecule has 0 fully saturated rings. The minimum atomic E-state index is -0.259. The van der Waals surface area contributed by atoms with Crippen molar-refractivity contribution in [1.82, 2.24) is 19.7 Å². The van der Waals surface area contributed by atoms with Gasteiger partial charge >= 0.3 is 0 Å². The van der Waals surface area contributed by atoms with Gasteiger partial charge in [-0.15, -0.1) is 0 Å². The van der Waals surface area contributed by atoms with Crippen LogP contribution in [-0.2, 0) is 6.42 Å². The van der Waals surface area contributed by atoms with Gasteiger partial charge in [-0.2, -0.15) is 15.0 Å². The average Bonchev–Trinajstić information content (AvgIpc) is 3.38. The minimum Gasteiger partial charge on any atom is -0.497 e. The molecule has 0 aliphatic carbocycles. The van der Waals surface area contributed by atoms with Crippen molar-refractivity contribution in [3.63, 3.8) is 0 Å². The van der Waals surface area contributed by atoms with Crippen LogP contribution in [0.15, 0.2) is 103 Å². The van der Waals surface area contributed by atoms with Gasteiger partial charge < -0.3 is 10.1 Å². The molecule has 1 aliphatic heterocycles. The Hall–Kier alpha value is -5.55. The summed E-state index contributed by atoms with van der Waals surface area (Å²) < 4.78 is 6.84. The van der Waals surface area contributed by atoms with Gasteiger partial charge in [-0.25, -0.2) is 9.97 Å². The molecule has 1 aliphatic rings. The van der Waals surface area contributed by atoms with Crippen molar-refractivity contribution in [3.8, 4) is 34.2 Å². The average molecular weight is 511 g/mol. The van der Waals surface area contributed by atoms with Gasteiger partial charge in [0.2, 0.25) is 0 Å². The number of nitriles is 1. The Bertz CT molecular complexity index is 1730. The van der Waals surface area contributed by atoms with E-state index in [2.05, 4.69) is 15.3 Å². The van der Waals surface area contributed by atoms with E-state index in [0.717, 1.165) is 28.1 Å². The highest BCUT2D eigenvalue weighted by molar-refractivity contribution is 6.23.